The summed E-state index contributed by atoms with van der Waals surface area (Å²) in [4.78, 5) is 72.9. The van der Waals surface area contributed by atoms with Gasteiger partial charge in [-0.05, 0) is 44.4 Å². The van der Waals surface area contributed by atoms with Crippen molar-refractivity contribution in [2.75, 3.05) is 24.8 Å². The maximum atomic E-state index is 14.1. The number of rotatable bonds is 17. The zero-order valence-electron chi connectivity index (χ0n) is 26.0. The molecule has 0 aromatic heterocycles. The molecule has 1 aliphatic heterocycles. The molecule has 1 heterocycles. The number of nitro benzene ring substituents is 1. The van der Waals surface area contributed by atoms with Crippen molar-refractivity contribution in [1.29, 1.82) is 0 Å². The van der Waals surface area contributed by atoms with Gasteiger partial charge in [-0.15, -0.1) is 0 Å². The summed E-state index contributed by atoms with van der Waals surface area (Å²) in [6.45, 7) is 3.22. The fraction of sp³-hybridized carbons (Fsp3) is 0.433. The largest absolute Gasteiger partial charge is 0.481 e. The predicted molar refractivity (Wildman–Crippen MR) is 170 cm³/mol. The molecule has 5 N–H and O–H groups in total. The maximum absolute atomic E-state index is 14.1. The molecule has 1 fully saturated rings. The average molecular weight is 675 g/mol. The maximum Gasteiger partial charge on any atom is 0.303 e. The van der Waals surface area contributed by atoms with Gasteiger partial charge >= 0.3 is 5.97 Å². The summed E-state index contributed by atoms with van der Waals surface area (Å²) in [6, 6.07) is 11.1. The number of carbonyl (C=O) groups is 5. The zero-order chi connectivity index (χ0) is 34.6. The van der Waals surface area contributed by atoms with Gasteiger partial charge in [0.15, 0.2) is 0 Å². The number of benzene rings is 2. The van der Waals surface area contributed by atoms with Gasteiger partial charge in [0.05, 0.1) is 24.0 Å². The van der Waals surface area contributed by atoms with Crippen LogP contribution in [0.1, 0.15) is 45.1 Å². The van der Waals surface area contributed by atoms with Gasteiger partial charge in [-0.2, -0.15) is 0 Å². The summed E-state index contributed by atoms with van der Waals surface area (Å²) in [5, 5.41) is 30.1. The molecule has 16 nitrogen and oxygen atoms in total. The second-order valence-corrected chi connectivity index (χ2v) is 13.2. The van der Waals surface area contributed by atoms with Crippen molar-refractivity contribution in [2.45, 2.75) is 64.1 Å². The lowest BCUT2D eigenvalue weighted by molar-refractivity contribution is -0.384. The van der Waals surface area contributed by atoms with E-state index in [0.29, 0.717) is 18.5 Å². The molecule has 3 rings (SSSR count). The Labute approximate surface area is 271 Å². The Kier molecular flexibility index (Phi) is 13.6. The molecule has 0 saturated carbocycles. The number of hydrogen-bond donors (Lipinski definition) is 5. The molecular weight excluding hydrogens is 635 g/mol. The number of nitrogens with zero attached hydrogens (tertiary/aromatic N) is 2. The lowest BCUT2D eigenvalue weighted by Gasteiger charge is -2.32. The summed E-state index contributed by atoms with van der Waals surface area (Å²) in [5.41, 5.74) is 0.898. The van der Waals surface area contributed by atoms with E-state index >= 15 is 0 Å². The molecule has 2 aromatic rings. The van der Waals surface area contributed by atoms with Gasteiger partial charge in [-0.25, -0.2) is 4.67 Å². The quantitative estimate of drug-likeness (QED) is 0.0930. The highest BCUT2D eigenvalue weighted by molar-refractivity contribution is 7.56. The lowest BCUT2D eigenvalue weighted by Crippen LogP contribution is -2.51. The molecule has 0 spiro atoms. The van der Waals surface area contributed by atoms with E-state index in [2.05, 4.69) is 21.3 Å². The molecule has 47 heavy (non-hydrogen) atoms. The summed E-state index contributed by atoms with van der Waals surface area (Å²) >= 11 is 0. The summed E-state index contributed by atoms with van der Waals surface area (Å²) in [6.07, 6.45) is -0.276. The number of amides is 4. The number of aliphatic carboxylic acids is 1. The number of nitro groups is 1. The fourth-order valence-electron chi connectivity index (χ4n) is 4.95. The van der Waals surface area contributed by atoms with Gasteiger partial charge in [0.25, 0.3) is 13.2 Å². The molecule has 254 valence electrons. The Bertz CT molecular complexity index is 1490. The summed E-state index contributed by atoms with van der Waals surface area (Å²) in [5.74, 6) is -3.62. The van der Waals surface area contributed by atoms with E-state index in [-0.39, 0.29) is 31.7 Å². The van der Waals surface area contributed by atoms with E-state index in [9.17, 15) is 38.7 Å². The monoisotopic (exact) mass is 674 g/mol. The topological polar surface area (TPSA) is 226 Å². The molecule has 0 unspecified atom stereocenters. The van der Waals surface area contributed by atoms with Crippen molar-refractivity contribution in [2.24, 2.45) is 0 Å². The van der Waals surface area contributed by atoms with Crippen molar-refractivity contribution in [3.8, 4) is 0 Å². The highest BCUT2D eigenvalue weighted by atomic mass is 31.2. The van der Waals surface area contributed by atoms with Crippen molar-refractivity contribution >= 4 is 48.5 Å². The number of hydrogen-bond acceptors (Lipinski definition) is 9. The molecule has 17 heteroatoms. The van der Waals surface area contributed by atoms with Gasteiger partial charge < -0.3 is 30.9 Å². The molecule has 0 radical (unpaired) electrons. The van der Waals surface area contributed by atoms with Gasteiger partial charge in [-0.1, -0.05) is 30.3 Å². The van der Waals surface area contributed by atoms with Crippen LogP contribution in [0.25, 0.3) is 0 Å². The molecule has 0 bridgehead atoms. The lowest BCUT2D eigenvalue weighted by atomic mass is 10.0. The first-order valence-electron chi connectivity index (χ1n) is 15.0. The summed E-state index contributed by atoms with van der Waals surface area (Å²) < 4.78 is 21.1. The Morgan fingerprint density at radius 2 is 1.72 bits per heavy atom. The Balaban J connectivity index is 1.72. The highest BCUT2D eigenvalue weighted by Crippen LogP contribution is 2.53. The fourth-order valence-corrected chi connectivity index (χ4v) is 7.22. The molecular formula is C30H39N6O10P. The summed E-state index contributed by atoms with van der Waals surface area (Å²) in [7, 11) is -3.84. The van der Waals surface area contributed by atoms with E-state index in [1.54, 1.807) is 31.2 Å². The van der Waals surface area contributed by atoms with Crippen LogP contribution in [0.2, 0.25) is 0 Å². The minimum absolute atomic E-state index is 0.00768. The Morgan fingerprint density at radius 3 is 2.34 bits per heavy atom. The van der Waals surface area contributed by atoms with Crippen LogP contribution in [-0.4, -0.2) is 81.9 Å². The molecule has 2 aromatic carbocycles. The van der Waals surface area contributed by atoms with E-state index in [1.807, 2.05) is 6.07 Å². The molecule has 1 aliphatic rings. The number of anilines is 1. The van der Waals surface area contributed by atoms with Gasteiger partial charge in [0, 0.05) is 37.2 Å². The predicted octanol–water partition coefficient (Wildman–Crippen LogP) is 2.40. The first-order valence-corrected chi connectivity index (χ1v) is 16.8. The normalized spacial score (nSPS) is 17.0. The minimum atomic E-state index is -3.84. The van der Waals surface area contributed by atoms with Crippen LogP contribution in [0.5, 0.6) is 0 Å². The van der Waals surface area contributed by atoms with Gasteiger partial charge in [0.2, 0.25) is 23.6 Å². The van der Waals surface area contributed by atoms with Crippen molar-refractivity contribution in [1.82, 2.24) is 20.6 Å². The Morgan fingerprint density at radius 1 is 1.04 bits per heavy atom. The second-order valence-electron chi connectivity index (χ2n) is 10.8. The molecule has 4 atom stereocenters. The number of carboxylic acids is 1. The van der Waals surface area contributed by atoms with E-state index < -0.39 is 72.9 Å². The molecule has 4 amide bonds. The number of carboxylic acid groups (broad SMARTS) is 1. The van der Waals surface area contributed by atoms with Crippen molar-refractivity contribution < 1.29 is 43.1 Å². The van der Waals surface area contributed by atoms with Crippen LogP contribution in [0, 0.1) is 10.1 Å². The standard InChI is InChI=1S/C30H39N6O10P/c1-3-46-47(45,19-31-28(40)20(2)32-26(37)15-16-27(38)39)35-17-7-10-25(35)30(42)34-24(18-21-8-5-4-6-9-21)29(41)33-22-11-13-23(14-12-22)36(43)44/h4-6,8-9,11-14,20,24-25H,3,7,10,15-19H2,1-2H3,(H,31,40)(H,32,37)(H,33,41)(H,34,42)(H,38,39)/t20-,24-,25-,47-/m0/s1. The minimum Gasteiger partial charge on any atom is -0.481 e. The van der Waals surface area contributed by atoms with E-state index in [0.717, 1.165) is 5.56 Å². The molecule has 1 saturated heterocycles. The third-order valence-electron chi connectivity index (χ3n) is 7.30. The van der Waals surface area contributed by atoms with Crippen LogP contribution < -0.4 is 21.3 Å². The van der Waals surface area contributed by atoms with Crippen LogP contribution in [0.15, 0.2) is 54.6 Å². The van der Waals surface area contributed by atoms with Crippen LogP contribution >= 0.6 is 7.52 Å². The van der Waals surface area contributed by atoms with Gasteiger partial charge in [0.1, 0.15) is 18.4 Å². The highest BCUT2D eigenvalue weighted by Gasteiger charge is 2.44. The van der Waals surface area contributed by atoms with Crippen molar-refractivity contribution in [3.05, 3.63) is 70.3 Å². The van der Waals surface area contributed by atoms with Crippen LogP contribution in [0.4, 0.5) is 11.4 Å². The van der Waals surface area contributed by atoms with Crippen LogP contribution in [0.3, 0.4) is 0 Å². The smallest absolute Gasteiger partial charge is 0.303 e. The number of non-ortho nitro benzene ring substituents is 1. The number of nitrogens with one attached hydrogen (secondary N) is 4. The second kappa shape index (κ2) is 17.3. The third-order valence-corrected chi connectivity index (χ3v) is 9.78. The SMILES string of the molecule is CCO[P@@](=O)(CNC(=O)[C@H](C)NC(=O)CCC(=O)O)N1CCC[C@H]1C(=O)N[C@@H](Cc1ccccc1)C(=O)Nc1ccc([N+](=O)[O-])cc1. The van der Waals surface area contributed by atoms with Crippen molar-refractivity contribution in [3.63, 3.8) is 0 Å². The first-order chi connectivity index (χ1) is 22.3. The third kappa shape index (κ3) is 11.0. The van der Waals surface area contributed by atoms with Crippen LogP contribution in [-0.2, 0) is 39.5 Å². The average Bonchev–Trinajstić information content (AvgIpc) is 3.54. The van der Waals surface area contributed by atoms with E-state index in [1.165, 1.54) is 35.9 Å². The number of carbonyl (C=O) groups excluding carboxylic acids is 4. The zero-order valence-corrected chi connectivity index (χ0v) is 26.9. The van der Waals surface area contributed by atoms with Gasteiger partial charge in [-0.3, -0.25) is 38.7 Å². The van der Waals surface area contributed by atoms with E-state index in [4.69, 9.17) is 9.63 Å². The molecule has 0 aliphatic carbocycles. The Hall–Kier alpha value is -4.66. The first kappa shape index (κ1) is 36.8.